The van der Waals surface area contributed by atoms with Crippen molar-refractivity contribution in [1.29, 1.82) is 0 Å². The Kier molecular flexibility index (Phi) is 5.37. The number of hydrogen-bond donors (Lipinski definition) is 2. The Hall–Kier alpha value is -0.900. The second kappa shape index (κ2) is 7.04. The topological polar surface area (TPSA) is 41.5 Å². The molecule has 0 amide bonds. The van der Waals surface area contributed by atoms with E-state index in [0.29, 0.717) is 0 Å². The molecule has 1 saturated heterocycles. The third-order valence-corrected chi connectivity index (χ3v) is 4.09. The number of aryl methyl sites for hydroxylation is 1. The Morgan fingerprint density at radius 2 is 2.00 bits per heavy atom. The summed E-state index contributed by atoms with van der Waals surface area (Å²) in [6.45, 7) is 5.82. The number of nitrogens with one attached hydrogen (secondary N) is 1. The predicted molar refractivity (Wildman–Crippen MR) is 77.1 cm³/mol. The maximum Gasteiger partial charge on any atom is 0.0536 e. The van der Waals surface area contributed by atoms with Crippen LogP contribution in [0.15, 0.2) is 24.3 Å². The minimum Gasteiger partial charge on any atom is -0.396 e. The Morgan fingerprint density at radius 1 is 1.26 bits per heavy atom. The van der Waals surface area contributed by atoms with Crippen molar-refractivity contribution in [2.75, 3.05) is 26.4 Å². The van der Waals surface area contributed by atoms with Gasteiger partial charge in [0.05, 0.1) is 6.61 Å². The average Bonchev–Trinajstić information content (AvgIpc) is 2.89. The van der Waals surface area contributed by atoms with Crippen LogP contribution in [0.25, 0.3) is 0 Å². The van der Waals surface area contributed by atoms with Crippen LogP contribution in [0.4, 0.5) is 0 Å². The van der Waals surface area contributed by atoms with Crippen molar-refractivity contribution in [1.82, 2.24) is 5.32 Å². The minimum atomic E-state index is 0.137. The summed E-state index contributed by atoms with van der Waals surface area (Å²) in [5.74, 6) is 0. The van der Waals surface area contributed by atoms with Crippen LogP contribution in [0.5, 0.6) is 0 Å². The first-order chi connectivity index (χ1) is 9.28. The summed E-state index contributed by atoms with van der Waals surface area (Å²) >= 11 is 0. The Morgan fingerprint density at radius 3 is 2.58 bits per heavy atom. The largest absolute Gasteiger partial charge is 0.396 e. The standard InChI is InChI=1S/C16H25NO2/c1-2-14-3-5-15(6-4-14)11-17-12-16(7-9-18)8-10-19-13-16/h3-6,17-18H,2,7-13H2,1H3. The van der Waals surface area contributed by atoms with E-state index >= 15 is 0 Å². The molecule has 0 aliphatic carbocycles. The molecule has 0 saturated carbocycles. The number of benzene rings is 1. The summed E-state index contributed by atoms with van der Waals surface area (Å²) in [5, 5.41) is 12.7. The van der Waals surface area contributed by atoms with E-state index in [9.17, 15) is 5.11 Å². The van der Waals surface area contributed by atoms with Gasteiger partial charge in [-0.05, 0) is 30.4 Å². The van der Waals surface area contributed by atoms with Gasteiger partial charge >= 0.3 is 0 Å². The molecule has 2 rings (SSSR count). The molecule has 2 N–H and O–H groups in total. The molecule has 1 aromatic rings. The molecule has 0 radical (unpaired) electrons. The van der Waals surface area contributed by atoms with Crippen molar-refractivity contribution in [3.05, 3.63) is 35.4 Å². The first-order valence-electron chi connectivity index (χ1n) is 7.25. The van der Waals surface area contributed by atoms with Gasteiger partial charge in [-0.15, -0.1) is 0 Å². The molecule has 0 spiro atoms. The Labute approximate surface area is 116 Å². The summed E-state index contributed by atoms with van der Waals surface area (Å²) in [6.07, 6.45) is 2.97. The van der Waals surface area contributed by atoms with E-state index in [0.717, 1.165) is 45.6 Å². The number of ether oxygens (including phenoxy) is 1. The van der Waals surface area contributed by atoms with Crippen LogP contribution < -0.4 is 5.32 Å². The second-order valence-corrected chi connectivity index (χ2v) is 5.55. The van der Waals surface area contributed by atoms with E-state index in [4.69, 9.17) is 4.74 Å². The lowest BCUT2D eigenvalue weighted by Crippen LogP contribution is -2.35. The second-order valence-electron chi connectivity index (χ2n) is 5.55. The lowest BCUT2D eigenvalue weighted by molar-refractivity contribution is 0.124. The van der Waals surface area contributed by atoms with E-state index in [-0.39, 0.29) is 12.0 Å². The van der Waals surface area contributed by atoms with Crippen LogP contribution in [0, 0.1) is 5.41 Å². The van der Waals surface area contributed by atoms with Gasteiger partial charge < -0.3 is 15.2 Å². The van der Waals surface area contributed by atoms with Crippen molar-refractivity contribution in [3.8, 4) is 0 Å². The minimum absolute atomic E-state index is 0.137. The predicted octanol–water partition coefficient (Wildman–Crippen LogP) is 2.13. The van der Waals surface area contributed by atoms with Gasteiger partial charge in [-0.1, -0.05) is 31.2 Å². The lowest BCUT2D eigenvalue weighted by Gasteiger charge is -2.26. The maximum atomic E-state index is 9.18. The van der Waals surface area contributed by atoms with Crippen molar-refractivity contribution in [2.45, 2.75) is 32.7 Å². The van der Waals surface area contributed by atoms with Gasteiger partial charge in [0.15, 0.2) is 0 Å². The smallest absolute Gasteiger partial charge is 0.0536 e. The monoisotopic (exact) mass is 263 g/mol. The maximum absolute atomic E-state index is 9.18. The van der Waals surface area contributed by atoms with Crippen LogP contribution in [0.1, 0.15) is 30.9 Å². The highest BCUT2D eigenvalue weighted by atomic mass is 16.5. The first-order valence-corrected chi connectivity index (χ1v) is 7.25. The number of aliphatic hydroxyl groups is 1. The van der Waals surface area contributed by atoms with E-state index in [1.807, 2.05) is 0 Å². The molecule has 3 heteroatoms. The van der Waals surface area contributed by atoms with Crippen LogP contribution in [-0.2, 0) is 17.7 Å². The SMILES string of the molecule is CCc1ccc(CNCC2(CCO)CCOC2)cc1. The summed E-state index contributed by atoms with van der Waals surface area (Å²) < 4.78 is 5.49. The Bertz CT molecular complexity index is 369. The van der Waals surface area contributed by atoms with Crippen LogP contribution in [-0.4, -0.2) is 31.5 Å². The van der Waals surface area contributed by atoms with Gasteiger partial charge in [0.25, 0.3) is 0 Å². The highest BCUT2D eigenvalue weighted by molar-refractivity contribution is 5.22. The lowest BCUT2D eigenvalue weighted by atomic mass is 9.84. The van der Waals surface area contributed by atoms with Gasteiger partial charge in [0, 0.05) is 31.7 Å². The summed E-state index contributed by atoms with van der Waals surface area (Å²) in [7, 11) is 0. The quantitative estimate of drug-likeness (QED) is 0.792. The van der Waals surface area contributed by atoms with Gasteiger partial charge in [0.1, 0.15) is 0 Å². The molecule has 1 atom stereocenters. The average molecular weight is 263 g/mol. The number of aliphatic hydroxyl groups excluding tert-OH is 1. The molecular weight excluding hydrogens is 238 g/mol. The van der Waals surface area contributed by atoms with Gasteiger partial charge in [-0.25, -0.2) is 0 Å². The zero-order valence-corrected chi connectivity index (χ0v) is 11.8. The molecule has 1 aliphatic rings. The summed E-state index contributed by atoms with van der Waals surface area (Å²) in [4.78, 5) is 0. The van der Waals surface area contributed by atoms with Gasteiger partial charge in [0.2, 0.25) is 0 Å². The Balaban J connectivity index is 1.81. The van der Waals surface area contributed by atoms with Gasteiger partial charge in [-0.3, -0.25) is 0 Å². The van der Waals surface area contributed by atoms with Crippen molar-refractivity contribution < 1.29 is 9.84 Å². The first kappa shape index (κ1) is 14.5. The molecule has 106 valence electrons. The van der Waals surface area contributed by atoms with Crippen LogP contribution >= 0.6 is 0 Å². The summed E-state index contributed by atoms with van der Waals surface area (Å²) in [6, 6.07) is 8.77. The molecule has 1 fully saturated rings. The van der Waals surface area contributed by atoms with E-state index in [1.54, 1.807) is 0 Å². The molecule has 1 unspecified atom stereocenters. The molecule has 1 aromatic carbocycles. The van der Waals surface area contributed by atoms with Crippen LogP contribution in [0.2, 0.25) is 0 Å². The molecule has 0 bridgehead atoms. The highest BCUT2D eigenvalue weighted by Crippen LogP contribution is 2.31. The zero-order chi connectivity index (χ0) is 13.6. The fraction of sp³-hybridized carbons (Fsp3) is 0.625. The zero-order valence-electron chi connectivity index (χ0n) is 11.8. The molecule has 3 nitrogen and oxygen atoms in total. The third kappa shape index (κ3) is 4.03. The van der Waals surface area contributed by atoms with Crippen molar-refractivity contribution in [3.63, 3.8) is 0 Å². The highest BCUT2D eigenvalue weighted by Gasteiger charge is 2.33. The van der Waals surface area contributed by atoms with Gasteiger partial charge in [-0.2, -0.15) is 0 Å². The molecule has 0 aromatic heterocycles. The van der Waals surface area contributed by atoms with Crippen LogP contribution in [0.3, 0.4) is 0 Å². The fourth-order valence-electron chi connectivity index (χ4n) is 2.68. The normalized spacial score (nSPS) is 22.8. The molecular formula is C16H25NO2. The number of rotatable bonds is 7. The van der Waals surface area contributed by atoms with E-state index in [1.165, 1.54) is 11.1 Å². The van der Waals surface area contributed by atoms with Crippen molar-refractivity contribution >= 4 is 0 Å². The molecule has 19 heavy (non-hydrogen) atoms. The van der Waals surface area contributed by atoms with Crippen molar-refractivity contribution in [2.24, 2.45) is 5.41 Å². The molecule has 1 heterocycles. The third-order valence-electron chi connectivity index (χ3n) is 4.09. The summed E-state index contributed by atoms with van der Waals surface area (Å²) in [5.41, 5.74) is 2.83. The fourth-order valence-corrected chi connectivity index (χ4v) is 2.68. The van der Waals surface area contributed by atoms with E-state index < -0.39 is 0 Å². The molecule has 1 aliphatic heterocycles. The number of hydrogen-bond acceptors (Lipinski definition) is 3. The van der Waals surface area contributed by atoms with E-state index in [2.05, 4.69) is 36.5 Å².